The van der Waals surface area contributed by atoms with Gasteiger partial charge in [-0.25, -0.2) is 4.57 Å². The molecular weight excluding hydrogens is 743 g/mol. The van der Waals surface area contributed by atoms with Gasteiger partial charge < -0.3 is 24.6 Å². The van der Waals surface area contributed by atoms with Gasteiger partial charge in [0.15, 0.2) is 6.10 Å². The Morgan fingerprint density at radius 1 is 0.544 bits per heavy atom. The fraction of sp³-hybridized carbons (Fsp3) is 0.783. The highest BCUT2D eigenvalue weighted by Crippen LogP contribution is 2.43. The van der Waals surface area contributed by atoms with Crippen molar-refractivity contribution in [2.75, 3.05) is 26.4 Å². The minimum Gasteiger partial charge on any atom is -0.462 e. The van der Waals surface area contributed by atoms with Crippen LogP contribution in [0, 0.1) is 0 Å². The van der Waals surface area contributed by atoms with Crippen LogP contribution < -0.4 is 0 Å². The van der Waals surface area contributed by atoms with Crippen molar-refractivity contribution >= 4 is 19.8 Å². The zero-order valence-electron chi connectivity index (χ0n) is 36.0. The fourth-order valence-corrected chi connectivity index (χ4v) is 6.83. The molecule has 0 aliphatic rings. The van der Waals surface area contributed by atoms with E-state index in [4.69, 9.17) is 19.1 Å². The van der Waals surface area contributed by atoms with Crippen LogP contribution in [0.15, 0.2) is 48.6 Å². The number of carbonyl (C=O) groups excluding carboxylic acids is 2. The van der Waals surface area contributed by atoms with E-state index in [1.807, 2.05) is 0 Å². The van der Waals surface area contributed by atoms with Crippen molar-refractivity contribution in [1.82, 2.24) is 0 Å². The van der Waals surface area contributed by atoms with Gasteiger partial charge in [-0.2, -0.15) is 0 Å². The molecule has 0 saturated heterocycles. The SMILES string of the molecule is CC/C=C\C/C=C\C/C=C\C/C=C\CCCCC(=O)OC(COC(=O)CCCCCCCCCCCCCCCCCCCCC)COP(=O)(O)OCC(O)CO. The standard InChI is InChI=1S/C46H83O10P/c1-3-5-7-9-11-13-15-17-19-20-21-22-24-25-27-29-31-33-35-37-45(49)53-41-44(42-55-57(51,52)54-40-43(48)39-47)56-46(50)38-36-34-32-30-28-26-23-18-16-14-12-10-8-6-4-2/h6,8,12,14,18,23,28,30,43-44,47-48H,3-5,7,9-11,13,15-17,19-22,24-27,29,31-42H2,1-2H3,(H,51,52)/b8-6-,14-12-,23-18-,30-28-. The van der Waals surface area contributed by atoms with Crippen LogP contribution in [-0.2, 0) is 32.7 Å². The van der Waals surface area contributed by atoms with Crippen molar-refractivity contribution in [3.8, 4) is 0 Å². The largest absolute Gasteiger partial charge is 0.472 e. The lowest BCUT2D eigenvalue weighted by Crippen LogP contribution is -2.29. The summed E-state index contributed by atoms with van der Waals surface area (Å²) in [5, 5.41) is 18.3. The minimum atomic E-state index is -4.63. The molecule has 0 aliphatic carbocycles. The van der Waals surface area contributed by atoms with Crippen molar-refractivity contribution < 1.29 is 47.8 Å². The lowest BCUT2D eigenvalue weighted by molar-refractivity contribution is -0.161. The Bertz CT molecular complexity index is 1090. The lowest BCUT2D eigenvalue weighted by Gasteiger charge is -2.20. The van der Waals surface area contributed by atoms with Crippen molar-refractivity contribution in [2.24, 2.45) is 0 Å². The number of phosphoric ester groups is 1. The van der Waals surface area contributed by atoms with Gasteiger partial charge in [0, 0.05) is 12.8 Å². The first kappa shape index (κ1) is 54.9. The molecule has 0 bridgehead atoms. The highest BCUT2D eigenvalue weighted by molar-refractivity contribution is 7.47. The number of esters is 2. The highest BCUT2D eigenvalue weighted by Gasteiger charge is 2.27. The Labute approximate surface area is 347 Å². The molecule has 0 heterocycles. The third-order valence-corrected chi connectivity index (χ3v) is 10.4. The van der Waals surface area contributed by atoms with Crippen molar-refractivity contribution in [3.05, 3.63) is 48.6 Å². The number of hydrogen-bond acceptors (Lipinski definition) is 9. The van der Waals surface area contributed by atoms with Gasteiger partial charge in [-0.1, -0.05) is 178 Å². The number of phosphoric acid groups is 1. The average Bonchev–Trinajstić information content (AvgIpc) is 3.20. The first-order valence-corrected chi connectivity index (χ1v) is 24.1. The summed E-state index contributed by atoms with van der Waals surface area (Å²) in [6, 6.07) is 0. The van der Waals surface area contributed by atoms with Gasteiger partial charge in [-0.05, 0) is 51.4 Å². The smallest absolute Gasteiger partial charge is 0.462 e. The quantitative estimate of drug-likeness (QED) is 0.0235. The van der Waals surface area contributed by atoms with E-state index in [-0.39, 0.29) is 19.4 Å². The van der Waals surface area contributed by atoms with Gasteiger partial charge in [0.05, 0.1) is 19.8 Å². The van der Waals surface area contributed by atoms with Crippen LogP contribution in [-0.4, -0.2) is 65.7 Å². The summed E-state index contributed by atoms with van der Waals surface area (Å²) >= 11 is 0. The van der Waals surface area contributed by atoms with E-state index >= 15 is 0 Å². The molecular formula is C46H83O10P. The molecule has 0 amide bonds. The summed E-state index contributed by atoms with van der Waals surface area (Å²) < 4.78 is 32.7. The Kier molecular flexibility index (Phi) is 40.5. The van der Waals surface area contributed by atoms with Gasteiger partial charge in [0.25, 0.3) is 0 Å². The molecule has 0 aromatic heterocycles. The molecule has 0 radical (unpaired) electrons. The number of hydrogen-bond donors (Lipinski definition) is 3. The van der Waals surface area contributed by atoms with Crippen LogP contribution in [0.5, 0.6) is 0 Å². The third kappa shape index (κ3) is 41.9. The van der Waals surface area contributed by atoms with E-state index in [0.29, 0.717) is 12.8 Å². The van der Waals surface area contributed by atoms with Crippen LogP contribution in [0.4, 0.5) is 0 Å². The fourth-order valence-electron chi connectivity index (χ4n) is 6.04. The van der Waals surface area contributed by atoms with Crippen LogP contribution in [0.3, 0.4) is 0 Å². The maximum Gasteiger partial charge on any atom is 0.472 e. The van der Waals surface area contributed by atoms with Crippen molar-refractivity contribution in [2.45, 2.75) is 206 Å². The summed E-state index contributed by atoms with van der Waals surface area (Å²) in [5.74, 6) is -0.969. The molecule has 10 nitrogen and oxygen atoms in total. The number of ether oxygens (including phenoxy) is 2. The molecule has 11 heteroatoms. The number of aliphatic hydroxyl groups excluding tert-OH is 2. The summed E-state index contributed by atoms with van der Waals surface area (Å²) in [4.78, 5) is 35.0. The molecule has 0 fully saturated rings. The van der Waals surface area contributed by atoms with Crippen LogP contribution >= 0.6 is 7.82 Å². The molecule has 0 aromatic rings. The summed E-state index contributed by atoms with van der Waals surface area (Å²) in [7, 11) is -4.63. The van der Waals surface area contributed by atoms with Crippen molar-refractivity contribution in [3.63, 3.8) is 0 Å². The number of unbranched alkanes of at least 4 members (excludes halogenated alkanes) is 20. The number of aliphatic hydroxyl groups is 2. The van der Waals surface area contributed by atoms with Crippen LogP contribution in [0.1, 0.15) is 194 Å². The number of allylic oxidation sites excluding steroid dienone is 8. The second-order valence-electron chi connectivity index (χ2n) is 15.1. The highest BCUT2D eigenvalue weighted by atomic mass is 31.2. The third-order valence-electron chi connectivity index (χ3n) is 9.50. The zero-order chi connectivity index (χ0) is 41.9. The summed E-state index contributed by atoms with van der Waals surface area (Å²) in [5.41, 5.74) is 0. The minimum absolute atomic E-state index is 0.132. The molecule has 0 rings (SSSR count). The van der Waals surface area contributed by atoms with Gasteiger partial charge >= 0.3 is 19.8 Å². The molecule has 0 aromatic carbocycles. The van der Waals surface area contributed by atoms with Crippen molar-refractivity contribution in [1.29, 1.82) is 0 Å². The predicted molar refractivity (Wildman–Crippen MR) is 233 cm³/mol. The molecule has 0 spiro atoms. The molecule has 3 N–H and O–H groups in total. The average molecular weight is 827 g/mol. The summed E-state index contributed by atoms with van der Waals surface area (Å²) in [6.07, 6.45) is 45.1. The first-order valence-electron chi connectivity index (χ1n) is 22.6. The molecule has 3 unspecified atom stereocenters. The molecule has 332 valence electrons. The Balaban J connectivity index is 4.28. The van der Waals surface area contributed by atoms with Crippen LogP contribution in [0.25, 0.3) is 0 Å². The molecule has 0 saturated carbocycles. The molecule has 57 heavy (non-hydrogen) atoms. The maximum atomic E-state index is 12.6. The van der Waals surface area contributed by atoms with E-state index in [9.17, 15) is 24.2 Å². The Hall–Kier alpha value is -2.07. The predicted octanol–water partition coefficient (Wildman–Crippen LogP) is 12.1. The molecule has 0 aliphatic heterocycles. The Morgan fingerprint density at radius 2 is 0.965 bits per heavy atom. The van der Waals surface area contributed by atoms with Gasteiger partial charge in [-0.3, -0.25) is 18.6 Å². The normalized spacial score (nSPS) is 14.3. The summed E-state index contributed by atoms with van der Waals surface area (Å²) in [6.45, 7) is 2.23. The Morgan fingerprint density at radius 3 is 1.46 bits per heavy atom. The monoisotopic (exact) mass is 827 g/mol. The van der Waals surface area contributed by atoms with E-state index < -0.39 is 51.8 Å². The lowest BCUT2D eigenvalue weighted by atomic mass is 10.0. The number of carbonyl (C=O) groups is 2. The second kappa shape index (κ2) is 42.1. The first-order chi connectivity index (χ1) is 27.7. The van der Waals surface area contributed by atoms with E-state index in [2.05, 4.69) is 67.0 Å². The maximum absolute atomic E-state index is 12.6. The van der Waals surface area contributed by atoms with Gasteiger partial charge in [0.2, 0.25) is 0 Å². The topological polar surface area (TPSA) is 149 Å². The van der Waals surface area contributed by atoms with Gasteiger partial charge in [0.1, 0.15) is 12.7 Å². The molecule has 3 atom stereocenters. The van der Waals surface area contributed by atoms with Crippen LogP contribution in [0.2, 0.25) is 0 Å². The van der Waals surface area contributed by atoms with Gasteiger partial charge in [-0.15, -0.1) is 0 Å². The van der Waals surface area contributed by atoms with E-state index in [1.54, 1.807) is 0 Å². The van der Waals surface area contributed by atoms with E-state index in [0.717, 1.165) is 57.8 Å². The number of rotatable bonds is 42. The zero-order valence-corrected chi connectivity index (χ0v) is 36.9. The second-order valence-corrected chi connectivity index (χ2v) is 16.5. The van der Waals surface area contributed by atoms with E-state index in [1.165, 1.54) is 96.3 Å².